The predicted molar refractivity (Wildman–Crippen MR) is 259 cm³/mol. The van der Waals surface area contributed by atoms with Crippen molar-refractivity contribution in [2.45, 2.75) is 121 Å². The lowest BCUT2D eigenvalue weighted by molar-refractivity contribution is -0.117. The maximum atomic E-state index is 13.7. The highest BCUT2D eigenvalue weighted by molar-refractivity contribution is 5.98. The molecule has 2 atom stereocenters. The van der Waals surface area contributed by atoms with E-state index in [4.69, 9.17) is 0 Å². The standard InChI is InChI=1S/C55H72N8O2/c56-52-60(34-48(25-38-9-3-1-4-10-38)62(52)17-8-15-54-28-40-19-41(29-54)21-42(20-40)30-54)36-50(64)58-46-13-7-14-47(27-46)59-51(65)37-61-35-49(26-39-11-5-2-6-12-39)63(53(61)57)18-16-55-31-43-22-44(32-55)24-45(23-43)33-55/h1-7,9-14,27,40-45,48-49,56-57H,8,15-26,28-37H2,(H,58,64)(H,59,65)/t40?,41?,42?,43?,44?,45?,48-,49-,54?,55?/m0/s1. The summed E-state index contributed by atoms with van der Waals surface area (Å²) < 4.78 is 0. The van der Waals surface area contributed by atoms with Crippen molar-refractivity contribution >= 4 is 35.1 Å². The SMILES string of the molecule is N=C1N(CC(=O)Nc2cccc(NC(=O)CN3C[C@H](Cc4ccccc4)N(CCC45CC6CC(CC(C6)C4)C5)C3=N)c2)C[C@H](Cc2ccccc2)N1CCCC12CC3CC(CC(C3)C1)C2. The molecule has 2 amide bonds. The van der Waals surface area contributed by atoms with Crippen LogP contribution in [0.15, 0.2) is 84.9 Å². The Morgan fingerprint density at radius 1 is 0.523 bits per heavy atom. The second-order valence-corrected chi connectivity index (χ2v) is 22.8. The van der Waals surface area contributed by atoms with E-state index in [0.29, 0.717) is 47.2 Å². The van der Waals surface area contributed by atoms with Gasteiger partial charge in [-0.05, 0) is 185 Å². The lowest BCUT2D eigenvalue weighted by Gasteiger charge is -2.57. The largest absolute Gasteiger partial charge is 0.338 e. The fourth-order valence-electron chi connectivity index (χ4n) is 16.2. The first kappa shape index (κ1) is 42.8. The number of benzene rings is 3. The van der Waals surface area contributed by atoms with Gasteiger partial charge in [0.05, 0.1) is 12.1 Å². The molecule has 2 heterocycles. The molecule has 13 rings (SSSR count). The number of nitrogens with one attached hydrogen (secondary N) is 4. The number of guanidine groups is 2. The maximum Gasteiger partial charge on any atom is 0.244 e. The van der Waals surface area contributed by atoms with Crippen molar-refractivity contribution in [2.75, 3.05) is 49.9 Å². The highest BCUT2D eigenvalue weighted by Gasteiger charge is 2.52. The van der Waals surface area contributed by atoms with Crippen LogP contribution in [0.3, 0.4) is 0 Å². The second-order valence-electron chi connectivity index (χ2n) is 22.8. The lowest BCUT2D eigenvalue weighted by atomic mass is 9.48. The Balaban J connectivity index is 0.696. The van der Waals surface area contributed by atoms with Crippen LogP contribution in [0.5, 0.6) is 0 Å². The molecule has 10 aliphatic rings. The number of nitrogens with zero attached hydrogens (tertiary/aromatic N) is 4. The van der Waals surface area contributed by atoms with Gasteiger partial charge in [0.1, 0.15) is 13.1 Å². The number of hydrogen-bond acceptors (Lipinski definition) is 4. The van der Waals surface area contributed by atoms with E-state index < -0.39 is 0 Å². The summed E-state index contributed by atoms with van der Waals surface area (Å²) in [5.41, 5.74) is 4.71. The van der Waals surface area contributed by atoms with Gasteiger partial charge < -0.3 is 30.2 Å². The third-order valence-corrected chi connectivity index (χ3v) is 17.9. The highest BCUT2D eigenvalue weighted by Crippen LogP contribution is 2.62. The normalized spacial score (nSPS) is 33.1. The fraction of sp³-hybridized carbons (Fsp3) is 0.600. The first-order valence-electron chi connectivity index (χ1n) is 25.6. The number of carbonyl (C=O) groups excluding carboxylic acids is 2. The monoisotopic (exact) mass is 877 g/mol. The highest BCUT2D eigenvalue weighted by atomic mass is 16.2. The lowest BCUT2D eigenvalue weighted by Crippen LogP contribution is -2.48. The minimum atomic E-state index is -0.171. The zero-order chi connectivity index (χ0) is 44.1. The van der Waals surface area contributed by atoms with Crippen LogP contribution in [0, 0.1) is 57.2 Å². The van der Waals surface area contributed by atoms with Gasteiger partial charge >= 0.3 is 0 Å². The Kier molecular flexibility index (Phi) is 11.7. The van der Waals surface area contributed by atoms with E-state index in [-0.39, 0.29) is 37.0 Å². The van der Waals surface area contributed by atoms with E-state index in [2.05, 4.69) is 81.1 Å². The Morgan fingerprint density at radius 2 is 0.923 bits per heavy atom. The van der Waals surface area contributed by atoms with Crippen molar-refractivity contribution in [3.63, 3.8) is 0 Å². The molecule has 3 aromatic rings. The molecule has 2 aliphatic heterocycles. The molecule has 0 unspecified atom stereocenters. The van der Waals surface area contributed by atoms with Gasteiger partial charge in [-0.1, -0.05) is 66.7 Å². The van der Waals surface area contributed by atoms with Gasteiger partial charge in [0.2, 0.25) is 11.8 Å². The average Bonchev–Trinajstić information content (AvgIpc) is 3.71. The van der Waals surface area contributed by atoms with Crippen molar-refractivity contribution in [3.8, 4) is 0 Å². The third-order valence-electron chi connectivity index (χ3n) is 17.9. The number of amides is 2. The summed E-state index contributed by atoms with van der Waals surface area (Å²) in [6, 6.07) is 28.8. The van der Waals surface area contributed by atoms with Gasteiger partial charge in [0.15, 0.2) is 11.9 Å². The van der Waals surface area contributed by atoms with Crippen molar-refractivity contribution < 1.29 is 9.59 Å². The first-order chi connectivity index (χ1) is 31.6. The molecule has 10 nitrogen and oxygen atoms in total. The number of hydrogen-bond donors (Lipinski definition) is 4. The Bertz CT molecular complexity index is 2160. The van der Waals surface area contributed by atoms with Gasteiger partial charge in [0, 0.05) is 37.6 Å². The van der Waals surface area contributed by atoms with Crippen molar-refractivity contribution in [2.24, 2.45) is 46.3 Å². The summed E-state index contributed by atoms with van der Waals surface area (Å²) in [4.78, 5) is 35.9. The van der Waals surface area contributed by atoms with E-state index >= 15 is 0 Å². The minimum Gasteiger partial charge on any atom is -0.338 e. The number of anilines is 2. The van der Waals surface area contributed by atoms with Crippen LogP contribution in [-0.2, 0) is 22.4 Å². The van der Waals surface area contributed by atoms with Crippen LogP contribution in [0.2, 0.25) is 0 Å². The van der Waals surface area contributed by atoms with Crippen LogP contribution in [0.4, 0.5) is 11.4 Å². The van der Waals surface area contributed by atoms with Gasteiger partial charge in [-0.25, -0.2) is 0 Å². The molecule has 4 N–H and O–H groups in total. The molecule has 8 aliphatic carbocycles. The number of carbonyl (C=O) groups is 2. The molecule has 8 saturated carbocycles. The van der Waals surface area contributed by atoms with Crippen molar-refractivity contribution in [1.82, 2.24) is 19.6 Å². The van der Waals surface area contributed by atoms with Crippen LogP contribution in [0.25, 0.3) is 0 Å². The van der Waals surface area contributed by atoms with E-state index in [0.717, 1.165) is 74.3 Å². The zero-order valence-electron chi connectivity index (χ0n) is 38.6. The Morgan fingerprint density at radius 3 is 1.35 bits per heavy atom. The van der Waals surface area contributed by atoms with Crippen molar-refractivity contribution in [3.05, 3.63) is 96.1 Å². The predicted octanol–water partition coefficient (Wildman–Crippen LogP) is 9.49. The van der Waals surface area contributed by atoms with Gasteiger partial charge in [-0.15, -0.1) is 0 Å². The molecule has 344 valence electrons. The van der Waals surface area contributed by atoms with Crippen LogP contribution in [0.1, 0.15) is 107 Å². The van der Waals surface area contributed by atoms with Crippen molar-refractivity contribution in [1.29, 1.82) is 10.8 Å². The molecule has 65 heavy (non-hydrogen) atoms. The quantitative estimate of drug-likeness (QED) is 0.107. The van der Waals surface area contributed by atoms with E-state index in [1.807, 2.05) is 34.1 Å². The van der Waals surface area contributed by atoms with Crippen LogP contribution >= 0.6 is 0 Å². The minimum absolute atomic E-state index is 0.104. The first-order valence-corrected chi connectivity index (χ1v) is 25.6. The number of rotatable bonds is 17. The summed E-state index contributed by atoms with van der Waals surface area (Å²) in [5, 5.41) is 24.9. The van der Waals surface area contributed by atoms with Gasteiger partial charge in [0.25, 0.3) is 0 Å². The summed E-state index contributed by atoms with van der Waals surface area (Å²) in [6.45, 7) is 3.25. The molecular formula is C55H72N8O2. The van der Waals surface area contributed by atoms with E-state index in [1.165, 1.54) is 94.6 Å². The molecule has 0 aromatic heterocycles. The second kappa shape index (κ2) is 17.7. The molecule has 2 saturated heterocycles. The van der Waals surface area contributed by atoms with Crippen LogP contribution in [-0.4, -0.2) is 94.7 Å². The average molecular weight is 877 g/mol. The molecule has 10 fully saturated rings. The summed E-state index contributed by atoms with van der Waals surface area (Å²) in [5.74, 6) is 6.15. The fourth-order valence-corrected chi connectivity index (χ4v) is 16.2. The molecular weight excluding hydrogens is 805 g/mol. The molecule has 3 aromatic carbocycles. The van der Waals surface area contributed by atoms with Crippen LogP contribution < -0.4 is 10.6 Å². The summed E-state index contributed by atoms with van der Waals surface area (Å²) >= 11 is 0. The molecule has 0 spiro atoms. The topological polar surface area (TPSA) is 119 Å². The van der Waals surface area contributed by atoms with E-state index in [9.17, 15) is 20.4 Å². The smallest absolute Gasteiger partial charge is 0.244 e. The zero-order valence-corrected chi connectivity index (χ0v) is 38.6. The van der Waals surface area contributed by atoms with Gasteiger partial charge in [-0.3, -0.25) is 20.4 Å². The van der Waals surface area contributed by atoms with Gasteiger partial charge in [-0.2, -0.15) is 0 Å². The Hall–Kier alpha value is -4.86. The molecule has 10 heteroatoms. The summed E-state index contributed by atoms with van der Waals surface area (Å²) in [6.07, 6.45) is 22.3. The molecule has 8 bridgehead atoms. The van der Waals surface area contributed by atoms with E-state index in [1.54, 1.807) is 0 Å². The Labute approximate surface area is 387 Å². The third kappa shape index (κ3) is 9.29. The molecule has 0 radical (unpaired) electrons. The maximum absolute atomic E-state index is 13.7. The summed E-state index contributed by atoms with van der Waals surface area (Å²) in [7, 11) is 0.